The molecule has 1 aromatic heterocycles. The molecule has 0 radical (unpaired) electrons. The average molecular weight is 253 g/mol. The van der Waals surface area contributed by atoms with E-state index in [0.29, 0.717) is 11.4 Å². The van der Waals surface area contributed by atoms with Crippen molar-refractivity contribution in [2.24, 2.45) is 0 Å². The van der Waals surface area contributed by atoms with E-state index >= 15 is 0 Å². The molecule has 2 N–H and O–H groups in total. The fourth-order valence-corrected chi connectivity index (χ4v) is 1.59. The quantitative estimate of drug-likeness (QED) is 0.857. The lowest BCUT2D eigenvalue weighted by Crippen LogP contribution is -2.04. The van der Waals surface area contributed by atoms with Crippen molar-refractivity contribution in [3.63, 3.8) is 0 Å². The first-order valence-electron chi connectivity index (χ1n) is 6.15. The van der Waals surface area contributed by atoms with E-state index in [-0.39, 0.29) is 0 Å². The molecule has 0 amide bonds. The minimum Gasteiger partial charge on any atom is -0.369 e. The minimum atomic E-state index is 0.580. The van der Waals surface area contributed by atoms with Gasteiger partial charge in [-0.25, -0.2) is 4.98 Å². The molecule has 0 aliphatic rings. The van der Waals surface area contributed by atoms with Crippen LogP contribution in [0, 0.1) is 11.3 Å². The first-order valence-corrected chi connectivity index (χ1v) is 6.15. The Hall–Kier alpha value is -2.61. The minimum absolute atomic E-state index is 0.580. The van der Waals surface area contributed by atoms with Crippen LogP contribution in [-0.4, -0.2) is 16.5 Å². The fourth-order valence-electron chi connectivity index (χ4n) is 1.59. The molecule has 0 fully saturated rings. The summed E-state index contributed by atoms with van der Waals surface area (Å²) in [5.74, 6) is 1.34. The van der Waals surface area contributed by atoms with E-state index in [9.17, 15) is 0 Å². The third-order valence-electron chi connectivity index (χ3n) is 2.50. The Labute approximate surface area is 112 Å². The Balaban J connectivity index is 2.17. The fraction of sp³-hybridized carbons (Fsp3) is 0.214. The van der Waals surface area contributed by atoms with Gasteiger partial charge >= 0.3 is 0 Å². The first-order chi connectivity index (χ1) is 9.33. The second-order valence-electron chi connectivity index (χ2n) is 4.00. The van der Waals surface area contributed by atoms with Crippen molar-refractivity contribution in [1.82, 2.24) is 9.97 Å². The van der Waals surface area contributed by atoms with E-state index in [0.717, 1.165) is 24.5 Å². The summed E-state index contributed by atoms with van der Waals surface area (Å²) >= 11 is 0. The second-order valence-corrected chi connectivity index (χ2v) is 4.00. The molecule has 5 heteroatoms. The molecule has 1 aromatic carbocycles. The van der Waals surface area contributed by atoms with Crippen LogP contribution in [0.25, 0.3) is 0 Å². The van der Waals surface area contributed by atoms with Crippen LogP contribution in [0.5, 0.6) is 0 Å². The van der Waals surface area contributed by atoms with Gasteiger partial charge in [-0.15, -0.1) is 0 Å². The van der Waals surface area contributed by atoms with Crippen LogP contribution < -0.4 is 10.6 Å². The lowest BCUT2D eigenvalue weighted by atomic mass is 10.2. The molecule has 0 saturated carbocycles. The molecule has 0 aliphatic heterocycles. The summed E-state index contributed by atoms with van der Waals surface area (Å²) in [5.41, 5.74) is 1.31. The van der Waals surface area contributed by atoms with E-state index in [1.807, 2.05) is 18.2 Å². The summed E-state index contributed by atoms with van der Waals surface area (Å²) < 4.78 is 0. The van der Waals surface area contributed by atoms with E-state index in [1.165, 1.54) is 0 Å². The summed E-state index contributed by atoms with van der Waals surface area (Å²) in [5, 5.41) is 15.3. The van der Waals surface area contributed by atoms with Gasteiger partial charge in [0.25, 0.3) is 0 Å². The number of nitriles is 1. The standard InChI is InChI=1S/C14H15N5/c1-2-7-17-13-9-16-10-14(19-13)18-12-6-4-3-5-11(12)8-15/h3-6,9-10H,2,7H2,1H3,(H2,17,18,19). The number of anilines is 3. The smallest absolute Gasteiger partial charge is 0.151 e. The summed E-state index contributed by atoms with van der Waals surface area (Å²) in [6.07, 6.45) is 4.33. The van der Waals surface area contributed by atoms with Gasteiger partial charge in [-0.2, -0.15) is 5.26 Å². The number of rotatable bonds is 5. The monoisotopic (exact) mass is 253 g/mol. The molecule has 0 aliphatic carbocycles. The Morgan fingerprint density at radius 3 is 2.79 bits per heavy atom. The van der Waals surface area contributed by atoms with Gasteiger partial charge < -0.3 is 10.6 Å². The van der Waals surface area contributed by atoms with Gasteiger partial charge in [-0.1, -0.05) is 19.1 Å². The van der Waals surface area contributed by atoms with Crippen molar-refractivity contribution < 1.29 is 0 Å². The molecular weight excluding hydrogens is 238 g/mol. The predicted molar refractivity (Wildman–Crippen MR) is 75.3 cm³/mol. The number of nitrogens with zero attached hydrogens (tertiary/aromatic N) is 3. The number of para-hydroxylation sites is 1. The van der Waals surface area contributed by atoms with Crippen molar-refractivity contribution >= 4 is 17.3 Å². The van der Waals surface area contributed by atoms with Gasteiger partial charge in [0.1, 0.15) is 11.9 Å². The average Bonchev–Trinajstić information content (AvgIpc) is 2.46. The Morgan fingerprint density at radius 2 is 2.00 bits per heavy atom. The summed E-state index contributed by atoms with van der Waals surface area (Å²) in [6.45, 7) is 2.94. The molecule has 1 heterocycles. The summed E-state index contributed by atoms with van der Waals surface area (Å²) in [6, 6.07) is 9.44. The van der Waals surface area contributed by atoms with E-state index in [4.69, 9.17) is 5.26 Å². The highest BCUT2D eigenvalue weighted by molar-refractivity contribution is 5.64. The van der Waals surface area contributed by atoms with Crippen molar-refractivity contribution in [2.45, 2.75) is 13.3 Å². The van der Waals surface area contributed by atoms with Gasteiger partial charge in [0.15, 0.2) is 5.82 Å². The van der Waals surface area contributed by atoms with Crippen LogP contribution in [-0.2, 0) is 0 Å². The highest BCUT2D eigenvalue weighted by Gasteiger charge is 2.03. The topological polar surface area (TPSA) is 73.6 Å². The Morgan fingerprint density at radius 1 is 1.21 bits per heavy atom. The molecule has 96 valence electrons. The largest absolute Gasteiger partial charge is 0.369 e. The molecule has 2 rings (SSSR count). The highest BCUT2D eigenvalue weighted by atomic mass is 15.1. The van der Waals surface area contributed by atoms with Crippen LogP contribution in [0.15, 0.2) is 36.7 Å². The van der Waals surface area contributed by atoms with Crippen LogP contribution in [0.2, 0.25) is 0 Å². The molecule has 0 bridgehead atoms. The lowest BCUT2D eigenvalue weighted by Gasteiger charge is -2.09. The van der Waals surface area contributed by atoms with Gasteiger partial charge in [0.05, 0.1) is 23.6 Å². The van der Waals surface area contributed by atoms with Crippen molar-refractivity contribution in [3.05, 3.63) is 42.2 Å². The lowest BCUT2D eigenvalue weighted by molar-refractivity contribution is 0.965. The third kappa shape index (κ3) is 3.42. The highest BCUT2D eigenvalue weighted by Crippen LogP contribution is 2.18. The van der Waals surface area contributed by atoms with Crippen LogP contribution in [0.3, 0.4) is 0 Å². The Bertz CT molecular complexity index is 588. The zero-order valence-electron chi connectivity index (χ0n) is 10.7. The van der Waals surface area contributed by atoms with E-state index in [2.05, 4.69) is 33.6 Å². The predicted octanol–water partition coefficient (Wildman–Crippen LogP) is 2.91. The zero-order chi connectivity index (χ0) is 13.5. The number of hydrogen-bond donors (Lipinski definition) is 2. The molecule has 0 saturated heterocycles. The Kier molecular flexibility index (Phi) is 4.29. The number of hydrogen-bond acceptors (Lipinski definition) is 5. The summed E-state index contributed by atoms with van der Waals surface area (Å²) in [7, 11) is 0. The SMILES string of the molecule is CCCNc1cncc(Nc2ccccc2C#N)n1. The molecule has 5 nitrogen and oxygen atoms in total. The molecule has 0 unspecified atom stereocenters. The maximum absolute atomic E-state index is 9.03. The van der Waals surface area contributed by atoms with Gasteiger partial charge in [0, 0.05) is 6.54 Å². The molecule has 19 heavy (non-hydrogen) atoms. The number of aromatic nitrogens is 2. The normalized spacial score (nSPS) is 9.68. The molecular formula is C14H15N5. The second kappa shape index (κ2) is 6.36. The maximum Gasteiger partial charge on any atom is 0.151 e. The van der Waals surface area contributed by atoms with Gasteiger partial charge in [-0.3, -0.25) is 4.98 Å². The maximum atomic E-state index is 9.03. The summed E-state index contributed by atoms with van der Waals surface area (Å²) in [4.78, 5) is 8.51. The third-order valence-corrected chi connectivity index (χ3v) is 2.50. The van der Waals surface area contributed by atoms with Gasteiger partial charge in [0.2, 0.25) is 0 Å². The first kappa shape index (κ1) is 12.8. The van der Waals surface area contributed by atoms with Crippen molar-refractivity contribution in [1.29, 1.82) is 5.26 Å². The molecule has 0 atom stereocenters. The van der Waals surface area contributed by atoms with E-state index < -0.39 is 0 Å². The van der Waals surface area contributed by atoms with Crippen LogP contribution in [0.1, 0.15) is 18.9 Å². The zero-order valence-corrected chi connectivity index (χ0v) is 10.7. The van der Waals surface area contributed by atoms with Crippen LogP contribution in [0.4, 0.5) is 17.3 Å². The van der Waals surface area contributed by atoms with Crippen LogP contribution >= 0.6 is 0 Å². The van der Waals surface area contributed by atoms with Gasteiger partial charge in [-0.05, 0) is 18.6 Å². The van der Waals surface area contributed by atoms with Crippen molar-refractivity contribution in [2.75, 3.05) is 17.2 Å². The number of benzene rings is 1. The van der Waals surface area contributed by atoms with E-state index in [1.54, 1.807) is 18.5 Å². The molecule has 2 aromatic rings. The van der Waals surface area contributed by atoms with Crippen molar-refractivity contribution in [3.8, 4) is 6.07 Å². The molecule has 0 spiro atoms. The number of nitrogens with one attached hydrogen (secondary N) is 2.